The molecule has 0 N–H and O–H groups in total. The maximum Gasteiger partial charge on any atom is 0.333 e. The molecule has 0 aromatic heterocycles. The molecule has 6 heteroatoms. The Hall–Kier alpha value is -3.64. The van der Waals surface area contributed by atoms with Crippen LogP contribution >= 0.6 is 0 Å². The fraction of sp³-hybridized carbons (Fsp3) is 0.474. The molecule has 1 unspecified atom stereocenters. The average Bonchev–Trinajstić information content (AvgIpc) is 3.09. The first-order chi connectivity index (χ1) is 21.3. The molecular formula is C38H56N4O2. The Morgan fingerprint density at radius 1 is 0.795 bits per heavy atom. The molecule has 0 bridgehead atoms. The number of anilines is 1. The zero-order valence-corrected chi connectivity index (χ0v) is 28.9. The van der Waals surface area contributed by atoms with Gasteiger partial charge in [0.1, 0.15) is 0 Å². The maximum absolute atomic E-state index is 13.9. The Morgan fingerprint density at radius 2 is 1.30 bits per heavy atom. The average molecular weight is 601 g/mol. The predicted octanol–water partition coefficient (Wildman–Crippen LogP) is 9.57. The van der Waals surface area contributed by atoms with Crippen LogP contribution in [-0.2, 0) is 5.41 Å². The zero-order valence-electron chi connectivity index (χ0n) is 28.9. The highest BCUT2D eigenvalue weighted by Crippen LogP contribution is 2.41. The molecule has 5 rings (SSSR count). The summed E-state index contributed by atoms with van der Waals surface area (Å²) in [6.07, 6.45) is 4.39. The van der Waals surface area contributed by atoms with E-state index in [-0.39, 0.29) is 17.5 Å². The summed E-state index contributed by atoms with van der Waals surface area (Å²) in [6, 6.07) is 27.8. The van der Waals surface area contributed by atoms with E-state index < -0.39 is 6.04 Å². The molecule has 1 fully saturated rings. The third-order valence-corrected chi connectivity index (χ3v) is 8.58. The summed E-state index contributed by atoms with van der Waals surface area (Å²) in [5, 5.41) is 0. The van der Waals surface area contributed by atoms with Crippen LogP contribution in [0.25, 0.3) is 0 Å². The SMILES string of the molecule is CC.CC.CC.CN(CN(C)C1CCC(C)(c2ccccc2)CC1)C(=O)N1C(=O)N(C)c2ccccc2C1c1ccccc1. The Morgan fingerprint density at radius 3 is 1.86 bits per heavy atom. The van der Waals surface area contributed by atoms with Gasteiger partial charge in [-0.25, -0.2) is 14.5 Å². The monoisotopic (exact) mass is 600 g/mol. The van der Waals surface area contributed by atoms with Crippen molar-refractivity contribution in [2.45, 2.75) is 91.6 Å². The van der Waals surface area contributed by atoms with Gasteiger partial charge in [0, 0.05) is 25.7 Å². The minimum atomic E-state index is -0.474. The molecule has 2 aliphatic rings. The molecule has 240 valence electrons. The van der Waals surface area contributed by atoms with Gasteiger partial charge in [0.15, 0.2) is 0 Å². The van der Waals surface area contributed by atoms with Gasteiger partial charge in [-0.2, -0.15) is 0 Å². The highest BCUT2D eigenvalue weighted by molar-refractivity contribution is 6.05. The number of para-hydroxylation sites is 1. The number of urea groups is 2. The van der Waals surface area contributed by atoms with Crippen molar-refractivity contribution in [1.29, 1.82) is 0 Å². The second-order valence-electron chi connectivity index (χ2n) is 11.1. The first-order valence-electron chi connectivity index (χ1n) is 16.5. The van der Waals surface area contributed by atoms with Gasteiger partial charge >= 0.3 is 12.1 Å². The number of hydrogen-bond donors (Lipinski definition) is 0. The van der Waals surface area contributed by atoms with Crippen LogP contribution in [0.4, 0.5) is 15.3 Å². The quantitative estimate of drug-likeness (QED) is 0.274. The van der Waals surface area contributed by atoms with Crippen LogP contribution in [0.3, 0.4) is 0 Å². The summed E-state index contributed by atoms with van der Waals surface area (Å²) in [7, 11) is 5.62. The standard InChI is InChI=1S/C32H38N4O2.3C2H6/c1-32(25-15-9-6-10-16-25)21-19-26(20-22-32)33(2)23-34(3)30(37)36-29(24-13-7-5-8-14-24)27-17-11-12-18-28(27)35(4)31(36)38;3*1-2/h5-18,26,29H,19-23H2,1-4H3;3*1-2H3. The van der Waals surface area contributed by atoms with Gasteiger partial charge in [-0.3, -0.25) is 9.80 Å². The normalized spacial score (nSPS) is 20.6. The van der Waals surface area contributed by atoms with E-state index in [1.165, 1.54) is 10.5 Å². The number of fused-ring (bicyclic) bond motifs is 1. The van der Waals surface area contributed by atoms with Gasteiger partial charge in [0.25, 0.3) is 0 Å². The van der Waals surface area contributed by atoms with E-state index in [4.69, 9.17) is 0 Å². The molecule has 1 heterocycles. The minimum Gasteiger partial charge on any atom is -0.314 e. The van der Waals surface area contributed by atoms with Crippen LogP contribution in [-0.4, -0.2) is 60.6 Å². The molecule has 1 aliphatic carbocycles. The highest BCUT2D eigenvalue weighted by Gasteiger charge is 2.42. The van der Waals surface area contributed by atoms with Crippen LogP contribution in [0, 0.1) is 0 Å². The number of hydrogen-bond acceptors (Lipinski definition) is 3. The summed E-state index contributed by atoms with van der Waals surface area (Å²) in [6.45, 7) is 14.8. The molecule has 6 nitrogen and oxygen atoms in total. The van der Waals surface area contributed by atoms with Gasteiger partial charge in [-0.05, 0) is 55.3 Å². The van der Waals surface area contributed by atoms with Crippen molar-refractivity contribution >= 4 is 17.7 Å². The third kappa shape index (κ3) is 8.09. The third-order valence-electron chi connectivity index (χ3n) is 8.58. The summed E-state index contributed by atoms with van der Waals surface area (Å²) in [5.74, 6) is 0. The van der Waals surface area contributed by atoms with Gasteiger partial charge < -0.3 is 4.90 Å². The van der Waals surface area contributed by atoms with E-state index in [1.54, 1.807) is 23.9 Å². The highest BCUT2D eigenvalue weighted by atomic mass is 16.2. The Labute approximate surface area is 267 Å². The molecule has 3 aromatic rings. The zero-order chi connectivity index (χ0) is 32.9. The number of rotatable bonds is 5. The lowest BCUT2D eigenvalue weighted by molar-refractivity contribution is 0.0929. The Balaban J connectivity index is 0.00000106. The number of imide groups is 1. The first-order valence-corrected chi connectivity index (χ1v) is 16.5. The number of amides is 4. The molecule has 0 radical (unpaired) electrons. The molecule has 1 atom stereocenters. The topological polar surface area (TPSA) is 47.1 Å². The number of carbonyl (C=O) groups is 2. The van der Waals surface area contributed by atoms with Crippen molar-refractivity contribution in [2.24, 2.45) is 0 Å². The van der Waals surface area contributed by atoms with Crippen molar-refractivity contribution in [3.8, 4) is 0 Å². The smallest absolute Gasteiger partial charge is 0.314 e. The Bertz CT molecular complexity index is 1270. The van der Waals surface area contributed by atoms with Crippen LogP contribution in [0.1, 0.15) is 96.9 Å². The van der Waals surface area contributed by atoms with E-state index in [2.05, 4.69) is 49.2 Å². The van der Waals surface area contributed by atoms with E-state index in [0.717, 1.165) is 42.5 Å². The van der Waals surface area contributed by atoms with Gasteiger partial charge in [0.2, 0.25) is 0 Å². The van der Waals surface area contributed by atoms with Crippen molar-refractivity contribution in [1.82, 2.24) is 14.7 Å². The van der Waals surface area contributed by atoms with Gasteiger partial charge in [-0.1, -0.05) is 127 Å². The van der Waals surface area contributed by atoms with Crippen LogP contribution in [0.5, 0.6) is 0 Å². The Kier molecular flexibility index (Phi) is 14.6. The van der Waals surface area contributed by atoms with Crippen LogP contribution in [0.2, 0.25) is 0 Å². The summed E-state index contributed by atoms with van der Waals surface area (Å²) in [4.78, 5) is 34.5. The lowest BCUT2D eigenvalue weighted by atomic mass is 9.69. The van der Waals surface area contributed by atoms with E-state index >= 15 is 0 Å². The van der Waals surface area contributed by atoms with Crippen molar-refractivity contribution in [3.05, 3.63) is 102 Å². The molecule has 4 amide bonds. The first kappa shape index (κ1) is 36.6. The fourth-order valence-electron chi connectivity index (χ4n) is 6.20. The molecular weight excluding hydrogens is 544 g/mol. The van der Waals surface area contributed by atoms with Crippen molar-refractivity contribution < 1.29 is 9.59 Å². The van der Waals surface area contributed by atoms with Crippen molar-refractivity contribution in [3.63, 3.8) is 0 Å². The lowest BCUT2D eigenvalue weighted by Gasteiger charge is -2.44. The van der Waals surface area contributed by atoms with E-state index in [0.29, 0.717) is 12.7 Å². The molecule has 0 spiro atoms. The molecule has 0 saturated heterocycles. The van der Waals surface area contributed by atoms with E-state index in [9.17, 15) is 9.59 Å². The van der Waals surface area contributed by atoms with Crippen molar-refractivity contribution in [2.75, 3.05) is 32.7 Å². The lowest BCUT2D eigenvalue weighted by Crippen LogP contribution is -2.56. The molecule has 1 saturated carbocycles. The fourth-order valence-corrected chi connectivity index (χ4v) is 6.20. The largest absolute Gasteiger partial charge is 0.333 e. The molecule has 44 heavy (non-hydrogen) atoms. The van der Waals surface area contributed by atoms with Crippen LogP contribution < -0.4 is 4.90 Å². The second kappa shape index (κ2) is 17.6. The van der Waals surface area contributed by atoms with Gasteiger partial charge in [-0.15, -0.1) is 0 Å². The summed E-state index contributed by atoms with van der Waals surface area (Å²) >= 11 is 0. The molecule has 3 aromatic carbocycles. The number of nitrogens with zero attached hydrogens (tertiary/aromatic N) is 4. The summed E-state index contributed by atoms with van der Waals surface area (Å²) in [5.41, 5.74) is 4.31. The van der Waals surface area contributed by atoms with Crippen LogP contribution in [0.15, 0.2) is 84.9 Å². The maximum atomic E-state index is 13.9. The van der Waals surface area contributed by atoms with Gasteiger partial charge in [0.05, 0.1) is 18.4 Å². The minimum absolute atomic E-state index is 0.196. The second-order valence-corrected chi connectivity index (χ2v) is 11.1. The number of carbonyl (C=O) groups excluding carboxylic acids is 2. The molecule has 1 aliphatic heterocycles. The predicted molar refractivity (Wildman–Crippen MR) is 186 cm³/mol. The number of benzene rings is 3. The van der Waals surface area contributed by atoms with E-state index in [1.807, 2.05) is 96.1 Å². The summed E-state index contributed by atoms with van der Waals surface area (Å²) < 4.78 is 0.